The van der Waals surface area contributed by atoms with Crippen LogP contribution in [0.25, 0.3) is 0 Å². The lowest BCUT2D eigenvalue weighted by Crippen LogP contribution is -2.33. The van der Waals surface area contributed by atoms with E-state index >= 15 is 0 Å². The zero-order valence-corrected chi connectivity index (χ0v) is 9.51. The van der Waals surface area contributed by atoms with Crippen LogP contribution in [-0.2, 0) is 0 Å². The smallest absolute Gasteiger partial charge is 0.224 e. The summed E-state index contributed by atoms with van der Waals surface area (Å²) in [5, 5.41) is 3.46. The summed E-state index contributed by atoms with van der Waals surface area (Å²) in [5.74, 6) is 0.642. The van der Waals surface area contributed by atoms with Crippen LogP contribution in [0, 0.1) is 5.41 Å². The van der Waals surface area contributed by atoms with E-state index in [9.17, 15) is 0 Å². The fourth-order valence-electron chi connectivity index (χ4n) is 1.77. The van der Waals surface area contributed by atoms with Gasteiger partial charge in [-0.2, -0.15) is 4.98 Å². The van der Waals surface area contributed by atoms with Crippen molar-refractivity contribution in [2.24, 2.45) is 5.41 Å². The van der Waals surface area contributed by atoms with Crippen molar-refractivity contribution in [2.45, 2.75) is 26.2 Å². The molecule has 0 radical (unpaired) electrons. The first kappa shape index (κ1) is 10.5. The van der Waals surface area contributed by atoms with Crippen LogP contribution in [0.15, 0.2) is 6.20 Å². The molecule has 5 heteroatoms. The number of anilines is 2. The van der Waals surface area contributed by atoms with E-state index in [0.717, 1.165) is 6.54 Å². The number of nitrogens with two attached hydrogens (primary N) is 1. The first-order valence-corrected chi connectivity index (χ1v) is 5.49. The van der Waals surface area contributed by atoms with E-state index in [0.29, 0.717) is 16.9 Å². The van der Waals surface area contributed by atoms with Gasteiger partial charge in [-0.25, -0.2) is 4.98 Å². The molecule has 3 N–H and O–H groups in total. The normalized spacial score (nSPS) is 18.3. The van der Waals surface area contributed by atoms with Gasteiger partial charge in [-0.05, 0) is 29.9 Å². The molecule has 1 aromatic rings. The van der Waals surface area contributed by atoms with Gasteiger partial charge in [0.05, 0.1) is 11.9 Å². The minimum atomic E-state index is 0.227. The van der Waals surface area contributed by atoms with Crippen LogP contribution in [0.3, 0.4) is 0 Å². The number of halogens is 1. The van der Waals surface area contributed by atoms with Crippen molar-refractivity contribution < 1.29 is 0 Å². The van der Waals surface area contributed by atoms with Gasteiger partial charge in [0.15, 0.2) is 5.82 Å². The van der Waals surface area contributed by atoms with Crippen molar-refractivity contribution in [3.63, 3.8) is 0 Å². The van der Waals surface area contributed by atoms with Gasteiger partial charge in [0.2, 0.25) is 5.28 Å². The molecule has 82 valence electrons. The predicted molar refractivity (Wildman–Crippen MR) is 61.9 cm³/mol. The lowest BCUT2D eigenvalue weighted by Gasteiger charge is -2.38. The number of hydrogen-bond acceptors (Lipinski definition) is 4. The molecule has 0 amide bonds. The first-order valence-electron chi connectivity index (χ1n) is 5.11. The summed E-state index contributed by atoms with van der Waals surface area (Å²) in [7, 11) is 0. The summed E-state index contributed by atoms with van der Waals surface area (Å²) in [6.07, 6.45) is 5.37. The van der Waals surface area contributed by atoms with Gasteiger partial charge in [0.25, 0.3) is 0 Å². The van der Waals surface area contributed by atoms with Crippen molar-refractivity contribution >= 4 is 23.1 Å². The van der Waals surface area contributed by atoms with Crippen molar-refractivity contribution in [1.29, 1.82) is 0 Å². The Bertz CT molecular complexity index is 362. The molecule has 1 aliphatic carbocycles. The second-order valence-electron chi connectivity index (χ2n) is 4.46. The number of hydrogen-bond donors (Lipinski definition) is 2. The van der Waals surface area contributed by atoms with Crippen LogP contribution in [0.2, 0.25) is 5.28 Å². The highest BCUT2D eigenvalue weighted by Gasteiger charge is 2.31. The maximum Gasteiger partial charge on any atom is 0.224 e. The molecule has 2 rings (SSSR count). The molecule has 1 fully saturated rings. The van der Waals surface area contributed by atoms with E-state index in [1.165, 1.54) is 25.5 Å². The maximum absolute atomic E-state index is 5.73. The van der Waals surface area contributed by atoms with Gasteiger partial charge >= 0.3 is 0 Å². The first-order chi connectivity index (χ1) is 7.09. The molecule has 0 atom stereocenters. The molecule has 0 aliphatic heterocycles. The van der Waals surface area contributed by atoms with E-state index < -0.39 is 0 Å². The molecule has 0 saturated heterocycles. The zero-order valence-electron chi connectivity index (χ0n) is 8.76. The van der Waals surface area contributed by atoms with E-state index in [2.05, 4.69) is 22.2 Å². The Balaban J connectivity index is 2.01. The third kappa shape index (κ3) is 2.31. The SMILES string of the molecule is CC1(CNc2nc(Cl)ncc2N)CCC1. The number of nitrogens with zero attached hydrogens (tertiary/aromatic N) is 2. The Morgan fingerprint density at radius 2 is 2.33 bits per heavy atom. The van der Waals surface area contributed by atoms with Crippen molar-refractivity contribution in [3.05, 3.63) is 11.5 Å². The predicted octanol–water partition coefficient (Wildman–Crippen LogP) is 2.31. The van der Waals surface area contributed by atoms with Crippen LogP contribution < -0.4 is 11.1 Å². The quantitative estimate of drug-likeness (QED) is 0.777. The van der Waals surface area contributed by atoms with Gasteiger partial charge in [0.1, 0.15) is 0 Å². The average Bonchev–Trinajstić information content (AvgIpc) is 2.17. The minimum absolute atomic E-state index is 0.227. The van der Waals surface area contributed by atoms with E-state index in [4.69, 9.17) is 17.3 Å². The third-order valence-electron chi connectivity index (χ3n) is 3.03. The van der Waals surface area contributed by atoms with Crippen LogP contribution >= 0.6 is 11.6 Å². The summed E-state index contributed by atoms with van der Waals surface area (Å²) in [6.45, 7) is 3.16. The molecular weight excluding hydrogens is 212 g/mol. The van der Waals surface area contributed by atoms with Gasteiger partial charge in [0, 0.05) is 6.54 Å². The number of rotatable bonds is 3. The largest absolute Gasteiger partial charge is 0.394 e. The molecule has 1 aliphatic rings. The van der Waals surface area contributed by atoms with Gasteiger partial charge in [-0.3, -0.25) is 0 Å². The lowest BCUT2D eigenvalue weighted by atomic mass is 9.70. The second-order valence-corrected chi connectivity index (χ2v) is 4.80. The summed E-state index contributed by atoms with van der Waals surface area (Å²) < 4.78 is 0. The molecule has 0 unspecified atom stereocenters. The Kier molecular flexibility index (Phi) is 2.69. The van der Waals surface area contributed by atoms with Crippen LogP contribution in [0.4, 0.5) is 11.5 Å². The highest BCUT2D eigenvalue weighted by Crippen LogP contribution is 2.40. The van der Waals surface area contributed by atoms with E-state index in [-0.39, 0.29) is 5.28 Å². The fourth-order valence-corrected chi connectivity index (χ4v) is 1.90. The summed E-state index contributed by atoms with van der Waals surface area (Å²) in [6, 6.07) is 0. The van der Waals surface area contributed by atoms with E-state index in [1.807, 2.05) is 0 Å². The molecular formula is C10H15ClN4. The second kappa shape index (κ2) is 3.85. The topological polar surface area (TPSA) is 63.8 Å². The van der Waals surface area contributed by atoms with Crippen molar-refractivity contribution in [2.75, 3.05) is 17.6 Å². The van der Waals surface area contributed by atoms with E-state index in [1.54, 1.807) is 0 Å². The Hall–Kier alpha value is -1.03. The van der Waals surface area contributed by atoms with Gasteiger partial charge in [-0.15, -0.1) is 0 Å². The molecule has 0 bridgehead atoms. The third-order valence-corrected chi connectivity index (χ3v) is 3.21. The summed E-state index contributed by atoms with van der Waals surface area (Å²) >= 11 is 5.70. The van der Waals surface area contributed by atoms with Crippen molar-refractivity contribution in [3.8, 4) is 0 Å². The van der Waals surface area contributed by atoms with Gasteiger partial charge < -0.3 is 11.1 Å². The molecule has 1 aromatic heterocycles. The zero-order chi connectivity index (χ0) is 10.9. The number of nitrogen functional groups attached to an aromatic ring is 1. The Morgan fingerprint density at radius 3 is 2.93 bits per heavy atom. The maximum atomic E-state index is 5.73. The summed E-state index contributed by atoms with van der Waals surface area (Å²) in [4.78, 5) is 7.86. The highest BCUT2D eigenvalue weighted by atomic mass is 35.5. The van der Waals surface area contributed by atoms with Crippen LogP contribution in [0.5, 0.6) is 0 Å². The molecule has 15 heavy (non-hydrogen) atoms. The monoisotopic (exact) mass is 226 g/mol. The summed E-state index contributed by atoms with van der Waals surface area (Å²) in [5.41, 5.74) is 6.67. The Morgan fingerprint density at radius 1 is 1.60 bits per heavy atom. The number of nitrogens with one attached hydrogen (secondary N) is 1. The standard InChI is InChI=1S/C10H15ClN4/c1-10(3-2-4-10)6-14-8-7(12)5-13-9(11)15-8/h5H,2-4,6,12H2,1H3,(H,13,14,15). The van der Waals surface area contributed by atoms with Crippen LogP contribution in [-0.4, -0.2) is 16.5 Å². The minimum Gasteiger partial charge on any atom is -0.394 e. The molecule has 1 heterocycles. The molecule has 0 aromatic carbocycles. The number of aromatic nitrogens is 2. The van der Waals surface area contributed by atoms with Crippen molar-refractivity contribution in [1.82, 2.24) is 9.97 Å². The van der Waals surface area contributed by atoms with Gasteiger partial charge in [-0.1, -0.05) is 13.3 Å². The Labute approximate surface area is 94.2 Å². The van der Waals surface area contributed by atoms with Crippen LogP contribution in [0.1, 0.15) is 26.2 Å². The average molecular weight is 227 g/mol. The molecule has 4 nitrogen and oxygen atoms in total. The lowest BCUT2D eigenvalue weighted by molar-refractivity contribution is 0.180. The highest BCUT2D eigenvalue weighted by molar-refractivity contribution is 6.28. The molecule has 0 spiro atoms. The molecule has 1 saturated carbocycles. The fraction of sp³-hybridized carbons (Fsp3) is 0.600.